The second-order valence-electron chi connectivity index (χ2n) is 6.39. The van der Waals surface area contributed by atoms with Crippen LogP contribution in [0.4, 0.5) is 0 Å². The number of hydrogen-bond acceptors (Lipinski definition) is 3. The van der Waals surface area contributed by atoms with Gasteiger partial charge in [0.05, 0.1) is 10.1 Å². The zero-order chi connectivity index (χ0) is 19.4. The summed E-state index contributed by atoms with van der Waals surface area (Å²) in [4.78, 5) is 13.0. The number of aryl methyl sites for hydroxylation is 1. The Labute approximate surface area is 164 Å². The molecule has 0 amide bonds. The number of benzene rings is 3. The lowest BCUT2D eigenvalue weighted by Crippen LogP contribution is -2.18. The third-order valence-corrected chi connectivity index (χ3v) is 6.80. The SMILES string of the molecule is Cc1ccc(S(=O)(=O)[C@@H](CC(=O)c2ccc(Cl)cc2)c2ccccc2)cc1. The van der Waals surface area contributed by atoms with Gasteiger partial charge in [-0.25, -0.2) is 8.42 Å². The molecule has 0 aromatic heterocycles. The van der Waals surface area contributed by atoms with Crippen molar-refractivity contribution in [1.82, 2.24) is 0 Å². The van der Waals surface area contributed by atoms with Gasteiger partial charge in [0.2, 0.25) is 0 Å². The summed E-state index contributed by atoms with van der Waals surface area (Å²) in [5.74, 6) is -0.240. The topological polar surface area (TPSA) is 51.2 Å². The van der Waals surface area contributed by atoms with E-state index in [1.165, 1.54) is 0 Å². The Morgan fingerprint density at radius 1 is 0.889 bits per heavy atom. The molecule has 0 saturated carbocycles. The summed E-state index contributed by atoms with van der Waals surface area (Å²) >= 11 is 5.88. The van der Waals surface area contributed by atoms with Gasteiger partial charge in [0.15, 0.2) is 15.6 Å². The van der Waals surface area contributed by atoms with Crippen molar-refractivity contribution in [1.29, 1.82) is 0 Å². The molecule has 3 rings (SSSR count). The van der Waals surface area contributed by atoms with Crippen molar-refractivity contribution >= 4 is 27.2 Å². The average molecular weight is 399 g/mol. The van der Waals surface area contributed by atoms with Gasteiger partial charge in [-0.05, 0) is 48.9 Å². The Morgan fingerprint density at radius 3 is 2.07 bits per heavy atom. The molecule has 1 atom stereocenters. The highest BCUT2D eigenvalue weighted by Crippen LogP contribution is 2.33. The summed E-state index contributed by atoms with van der Waals surface area (Å²) in [7, 11) is -3.73. The molecule has 0 spiro atoms. The van der Waals surface area contributed by atoms with Crippen molar-refractivity contribution in [3.63, 3.8) is 0 Å². The zero-order valence-electron chi connectivity index (χ0n) is 14.8. The quantitative estimate of drug-likeness (QED) is 0.520. The molecule has 0 aliphatic carbocycles. The first kappa shape index (κ1) is 19.3. The summed E-state index contributed by atoms with van der Waals surface area (Å²) in [6, 6.07) is 22.0. The van der Waals surface area contributed by atoms with Crippen molar-refractivity contribution in [2.75, 3.05) is 0 Å². The molecule has 3 aromatic carbocycles. The molecule has 0 fully saturated rings. The van der Waals surface area contributed by atoms with Gasteiger partial charge in [0.25, 0.3) is 0 Å². The fraction of sp³-hybridized carbons (Fsp3) is 0.136. The van der Waals surface area contributed by atoms with E-state index in [9.17, 15) is 13.2 Å². The highest BCUT2D eigenvalue weighted by Gasteiger charge is 2.31. The predicted molar refractivity (Wildman–Crippen MR) is 108 cm³/mol. The van der Waals surface area contributed by atoms with Crippen LogP contribution in [-0.2, 0) is 9.84 Å². The minimum atomic E-state index is -3.73. The van der Waals surface area contributed by atoms with Gasteiger partial charge >= 0.3 is 0 Å². The maximum atomic E-state index is 13.3. The van der Waals surface area contributed by atoms with Gasteiger partial charge in [-0.3, -0.25) is 4.79 Å². The Morgan fingerprint density at radius 2 is 1.48 bits per heavy atom. The molecule has 0 unspecified atom stereocenters. The minimum absolute atomic E-state index is 0.137. The molecule has 0 aliphatic rings. The molecular weight excluding hydrogens is 380 g/mol. The molecule has 0 bridgehead atoms. The number of hydrogen-bond donors (Lipinski definition) is 0. The van der Waals surface area contributed by atoms with E-state index in [0.717, 1.165) is 5.56 Å². The lowest BCUT2D eigenvalue weighted by molar-refractivity contribution is 0.0980. The number of carbonyl (C=O) groups is 1. The van der Waals surface area contributed by atoms with Crippen molar-refractivity contribution in [2.45, 2.75) is 23.5 Å². The number of Topliss-reactive ketones (excluding diaryl/α,β-unsaturated/α-hetero) is 1. The van der Waals surface area contributed by atoms with E-state index in [0.29, 0.717) is 16.1 Å². The molecule has 3 nitrogen and oxygen atoms in total. The maximum absolute atomic E-state index is 13.3. The number of rotatable bonds is 6. The van der Waals surface area contributed by atoms with Crippen LogP contribution in [0.15, 0.2) is 83.8 Å². The van der Waals surface area contributed by atoms with Crippen molar-refractivity contribution in [3.8, 4) is 0 Å². The standard InChI is InChI=1S/C22H19ClO3S/c1-16-7-13-20(14-8-16)27(25,26)22(18-5-3-2-4-6-18)15-21(24)17-9-11-19(23)12-10-17/h2-14,22H,15H2,1H3/t22-/m0/s1. The molecule has 0 saturated heterocycles. The van der Waals surface area contributed by atoms with Gasteiger partial charge in [-0.2, -0.15) is 0 Å². The van der Waals surface area contributed by atoms with Crippen LogP contribution in [0.5, 0.6) is 0 Å². The van der Waals surface area contributed by atoms with Crippen LogP contribution in [0.2, 0.25) is 5.02 Å². The number of sulfone groups is 1. The van der Waals surface area contributed by atoms with Gasteiger partial charge in [-0.15, -0.1) is 0 Å². The third-order valence-electron chi connectivity index (χ3n) is 4.43. The first-order valence-corrected chi connectivity index (χ1v) is 10.4. The van der Waals surface area contributed by atoms with Crippen LogP contribution in [0, 0.1) is 6.92 Å². The molecule has 0 heterocycles. The Balaban J connectivity index is 2.00. The minimum Gasteiger partial charge on any atom is -0.294 e. The molecule has 3 aromatic rings. The first-order chi connectivity index (χ1) is 12.9. The van der Waals surface area contributed by atoms with Gasteiger partial charge in [0.1, 0.15) is 0 Å². The summed E-state index contributed by atoms with van der Waals surface area (Å²) in [6.07, 6.45) is -0.137. The summed E-state index contributed by atoms with van der Waals surface area (Å²) in [5, 5.41) is -0.428. The van der Waals surface area contributed by atoms with Gasteiger partial charge in [-0.1, -0.05) is 59.6 Å². The fourth-order valence-electron chi connectivity index (χ4n) is 2.89. The van der Waals surface area contributed by atoms with E-state index in [1.54, 1.807) is 72.8 Å². The zero-order valence-corrected chi connectivity index (χ0v) is 16.4. The Bertz CT molecular complexity index is 1030. The predicted octanol–water partition coefficient (Wildman–Crippen LogP) is 5.44. The molecule has 138 valence electrons. The number of halogens is 1. The molecule has 0 aliphatic heterocycles. The third kappa shape index (κ3) is 4.46. The second kappa shape index (κ2) is 8.07. The van der Waals surface area contributed by atoms with Crippen LogP contribution in [0.25, 0.3) is 0 Å². The molecule has 0 N–H and O–H groups in total. The first-order valence-electron chi connectivity index (χ1n) is 8.52. The Kier molecular flexibility index (Phi) is 5.78. The maximum Gasteiger partial charge on any atom is 0.185 e. The lowest BCUT2D eigenvalue weighted by Gasteiger charge is -2.18. The normalized spacial score (nSPS) is 12.5. The van der Waals surface area contributed by atoms with Gasteiger partial charge < -0.3 is 0 Å². The van der Waals surface area contributed by atoms with Crippen LogP contribution >= 0.6 is 11.6 Å². The van der Waals surface area contributed by atoms with Crippen LogP contribution < -0.4 is 0 Å². The number of carbonyl (C=O) groups excluding carboxylic acids is 1. The summed E-state index contributed by atoms with van der Waals surface area (Å²) in [6.45, 7) is 1.90. The smallest absolute Gasteiger partial charge is 0.185 e. The molecular formula is C22H19ClO3S. The molecule has 5 heteroatoms. The monoisotopic (exact) mass is 398 g/mol. The fourth-order valence-corrected chi connectivity index (χ4v) is 4.74. The average Bonchev–Trinajstić information content (AvgIpc) is 2.67. The number of ketones is 1. The van der Waals surface area contributed by atoms with E-state index in [4.69, 9.17) is 11.6 Å². The van der Waals surface area contributed by atoms with Crippen molar-refractivity contribution < 1.29 is 13.2 Å². The Hall–Kier alpha value is -2.43. The van der Waals surface area contributed by atoms with Crippen LogP contribution in [-0.4, -0.2) is 14.2 Å². The van der Waals surface area contributed by atoms with E-state index >= 15 is 0 Å². The van der Waals surface area contributed by atoms with Crippen LogP contribution in [0.3, 0.4) is 0 Å². The molecule has 27 heavy (non-hydrogen) atoms. The van der Waals surface area contributed by atoms with E-state index in [-0.39, 0.29) is 17.1 Å². The van der Waals surface area contributed by atoms with Crippen molar-refractivity contribution in [2.24, 2.45) is 0 Å². The lowest BCUT2D eigenvalue weighted by atomic mass is 10.0. The summed E-state index contributed by atoms with van der Waals surface area (Å²) < 4.78 is 26.6. The van der Waals surface area contributed by atoms with Crippen molar-refractivity contribution in [3.05, 3.63) is 101 Å². The largest absolute Gasteiger partial charge is 0.294 e. The second-order valence-corrected chi connectivity index (χ2v) is 8.96. The highest BCUT2D eigenvalue weighted by molar-refractivity contribution is 7.91. The van der Waals surface area contributed by atoms with E-state index in [1.807, 2.05) is 13.0 Å². The van der Waals surface area contributed by atoms with Gasteiger partial charge in [0, 0.05) is 17.0 Å². The highest BCUT2D eigenvalue weighted by atomic mass is 35.5. The molecule has 0 radical (unpaired) electrons. The van der Waals surface area contributed by atoms with Crippen LogP contribution in [0.1, 0.15) is 33.2 Å². The van der Waals surface area contributed by atoms with E-state index < -0.39 is 15.1 Å². The van der Waals surface area contributed by atoms with E-state index in [2.05, 4.69) is 0 Å². The summed E-state index contributed by atoms with van der Waals surface area (Å²) in [5.41, 5.74) is 2.02.